The number of benzene rings is 1. The maximum atomic E-state index is 12.5. The predicted octanol–water partition coefficient (Wildman–Crippen LogP) is 1.21. The average molecular weight is 402 g/mol. The van der Waals surface area contributed by atoms with Crippen LogP contribution in [0.4, 0.5) is 4.79 Å². The molecule has 0 atom stereocenters. The van der Waals surface area contributed by atoms with Crippen molar-refractivity contribution in [3.05, 3.63) is 45.0 Å². The van der Waals surface area contributed by atoms with Gasteiger partial charge in [-0.2, -0.15) is 0 Å². The van der Waals surface area contributed by atoms with E-state index in [0.717, 1.165) is 4.68 Å². The fourth-order valence-electron chi connectivity index (χ4n) is 3.31. The Morgan fingerprint density at radius 2 is 1.76 bits per heavy atom. The molecule has 29 heavy (non-hydrogen) atoms. The third kappa shape index (κ3) is 5.04. The van der Waals surface area contributed by atoms with Crippen LogP contribution in [0.25, 0.3) is 10.8 Å². The molecular formula is C20H26N4O5. The number of amides is 2. The highest BCUT2D eigenvalue weighted by Crippen LogP contribution is 2.15. The third-order valence-electron chi connectivity index (χ3n) is 4.70. The van der Waals surface area contributed by atoms with Gasteiger partial charge in [0, 0.05) is 19.1 Å². The number of fused-ring (bicyclic) bond motifs is 1. The number of rotatable bonds is 3. The van der Waals surface area contributed by atoms with Crippen LogP contribution in [0.15, 0.2) is 33.9 Å². The lowest BCUT2D eigenvalue weighted by Crippen LogP contribution is -2.48. The summed E-state index contributed by atoms with van der Waals surface area (Å²) in [5, 5.41) is 5.89. The minimum absolute atomic E-state index is 0.107. The number of hydrogen-bond acceptors (Lipinski definition) is 5. The number of nitrogens with zero attached hydrogens (tertiary/aromatic N) is 2. The van der Waals surface area contributed by atoms with Gasteiger partial charge in [-0.3, -0.25) is 19.5 Å². The standard InChI is InChI=1S/C20H26N4O5/c1-20(2,3)29-19(28)23-10-8-13(9-11-23)21-16(25)12-24-18(27)15-7-5-4-6-14(15)17(26)22-24/h4-7,13H,8-12H2,1-3H3,(H,21,25)(H,22,26). The van der Waals surface area contributed by atoms with Crippen molar-refractivity contribution in [2.45, 2.75) is 51.8 Å². The van der Waals surface area contributed by atoms with E-state index in [9.17, 15) is 19.2 Å². The van der Waals surface area contributed by atoms with Crippen LogP contribution in [0.1, 0.15) is 33.6 Å². The number of carbonyl (C=O) groups excluding carboxylic acids is 2. The number of aromatic nitrogens is 2. The number of piperidine rings is 1. The van der Waals surface area contributed by atoms with Crippen LogP contribution in [0.5, 0.6) is 0 Å². The zero-order chi connectivity index (χ0) is 21.2. The van der Waals surface area contributed by atoms with Crippen LogP contribution in [0.3, 0.4) is 0 Å². The van der Waals surface area contributed by atoms with Gasteiger partial charge in [-0.25, -0.2) is 9.48 Å². The van der Waals surface area contributed by atoms with Crippen LogP contribution in [0, 0.1) is 0 Å². The highest BCUT2D eigenvalue weighted by molar-refractivity contribution is 5.81. The van der Waals surface area contributed by atoms with E-state index < -0.39 is 16.7 Å². The summed E-state index contributed by atoms with van der Waals surface area (Å²) in [5.41, 5.74) is -1.39. The van der Waals surface area contributed by atoms with E-state index in [1.807, 2.05) is 20.8 Å². The van der Waals surface area contributed by atoms with Crippen molar-refractivity contribution in [3.8, 4) is 0 Å². The van der Waals surface area contributed by atoms with Gasteiger partial charge in [0.1, 0.15) is 12.1 Å². The van der Waals surface area contributed by atoms with Crippen LogP contribution in [0.2, 0.25) is 0 Å². The van der Waals surface area contributed by atoms with Gasteiger partial charge in [0.05, 0.1) is 10.8 Å². The second kappa shape index (κ2) is 8.10. The Hall–Kier alpha value is -3.10. The Balaban J connectivity index is 1.58. The largest absolute Gasteiger partial charge is 0.444 e. The summed E-state index contributed by atoms with van der Waals surface area (Å²) < 4.78 is 6.38. The molecule has 0 radical (unpaired) electrons. The second-order valence-electron chi connectivity index (χ2n) is 8.19. The van der Waals surface area contributed by atoms with Gasteiger partial charge < -0.3 is 15.0 Å². The Labute approximate surface area is 167 Å². The van der Waals surface area contributed by atoms with Crippen molar-refractivity contribution in [3.63, 3.8) is 0 Å². The van der Waals surface area contributed by atoms with Crippen LogP contribution >= 0.6 is 0 Å². The van der Waals surface area contributed by atoms with Crippen molar-refractivity contribution in [2.24, 2.45) is 0 Å². The lowest BCUT2D eigenvalue weighted by Gasteiger charge is -2.33. The highest BCUT2D eigenvalue weighted by Gasteiger charge is 2.27. The molecule has 1 saturated heterocycles. The fraction of sp³-hybridized carbons (Fsp3) is 0.500. The molecule has 0 bridgehead atoms. The van der Waals surface area contributed by atoms with Crippen LogP contribution in [-0.2, 0) is 16.1 Å². The van der Waals surface area contributed by atoms with Gasteiger partial charge in [0.25, 0.3) is 11.1 Å². The van der Waals surface area contributed by atoms with E-state index in [4.69, 9.17) is 4.74 Å². The first-order chi connectivity index (χ1) is 13.6. The Morgan fingerprint density at radius 1 is 1.14 bits per heavy atom. The van der Waals surface area contributed by atoms with Gasteiger partial charge in [-0.05, 0) is 45.7 Å². The van der Waals surface area contributed by atoms with Crippen molar-refractivity contribution in [1.29, 1.82) is 0 Å². The van der Waals surface area contributed by atoms with E-state index in [1.165, 1.54) is 0 Å². The summed E-state index contributed by atoms with van der Waals surface area (Å²) in [4.78, 5) is 50.7. The van der Waals surface area contributed by atoms with Crippen molar-refractivity contribution >= 4 is 22.8 Å². The zero-order valence-electron chi connectivity index (χ0n) is 16.9. The molecule has 0 unspecified atom stereocenters. The number of carbonyl (C=O) groups is 2. The quantitative estimate of drug-likeness (QED) is 0.801. The van der Waals surface area contributed by atoms with Crippen molar-refractivity contribution in [2.75, 3.05) is 13.1 Å². The lowest BCUT2D eigenvalue weighted by atomic mass is 10.1. The molecule has 2 heterocycles. The van der Waals surface area contributed by atoms with Gasteiger partial charge in [-0.15, -0.1) is 0 Å². The molecule has 9 nitrogen and oxygen atoms in total. The molecule has 2 amide bonds. The van der Waals surface area contributed by atoms with Gasteiger partial charge in [0.2, 0.25) is 5.91 Å². The molecule has 3 rings (SSSR count). The molecule has 2 aromatic rings. The fourth-order valence-corrected chi connectivity index (χ4v) is 3.31. The first-order valence-corrected chi connectivity index (χ1v) is 9.63. The summed E-state index contributed by atoms with van der Waals surface area (Å²) in [6.45, 7) is 6.13. The summed E-state index contributed by atoms with van der Waals surface area (Å²) in [5.74, 6) is -0.367. The van der Waals surface area contributed by atoms with E-state index in [0.29, 0.717) is 31.3 Å². The number of H-pyrrole nitrogens is 1. The highest BCUT2D eigenvalue weighted by atomic mass is 16.6. The number of likely N-dealkylation sites (tertiary alicyclic amines) is 1. The topological polar surface area (TPSA) is 114 Å². The first-order valence-electron chi connectivity index (χ1n) is 9.63. The zero-order valence-corrected chi connectivity index (χ0v) is 16.9. The SMILES string of the molecule is CC(C)(C)OC(=O)N1CCC(NC(=O)Cn2[nH]c(=O)c3ccccc3c2=O)CC1. The molecular weight excluding hydrogens is 376 g/mol. The molecule has 0 spiro atoms. The number of nitrogens with one attached hydrogen (secondary N) is 2. The number of aromatic amines is 1. The van der Waals surface area contributed by atoms with Crippen molar-refractivity contribution < 1.29 is 14.3 Å². The first kappa shape index (κ1) is 20.6. The van der Waals surface area contributed by atoms with Crippen LogP contribution in [-0.4, -0.2) is 51.4 Å². The molecule has 1 fully saturated rings. The maximum Gasteiger partial charge on any atom is 0.410 e. The van der Waals surface area contributed by atoms with E-state index in [1.54, 1.807) is 29.2 Å². The smallest absolute Gasteiger partial charge is 0.410 e. The Morgan fingerprint density at radius 3 is 2.38 bits per heavy atom. The minimum atomic E-state index is -0.549. The predicted molar refractivity (Wildman–Crippen MR) is 108 cm³/mol. The van der Waals surface area contributed by atoms with Gasteiger partial charge in [0.15, 0.2) is 0 Å². The summed E-state index contributed by atoms with van der Waals surface area (Å²) >= 11 is 0. The Bertz CT molecular complexity index is 1030. The van der Waals surface area contributed by atoms with Crippen LogP contribution < -0.4 is 16.4 Å². The third-order valence-corrected chi connectivity index (χ3v) is 4.70. The normalized spacial score (nSPS) is 15.3. The Kier molecular flexibility index (Phi) is 5.76. The monoisotopic (exact) mass is 402 g/mol. The second-order valence-corrected chi connectivity index (χ2v) is 8.19. The summed E-state index contributed by atoms with van der Waals surface area (Å²) in [6.07, 6.45) is 0.824. The molecule has 9 heteroatoms. The summed E-state index contributed by atoms with van der Waals surface area (Å²) in [7, 11) is 0. The lowest BCUT2D eigenvalue weighted by molar-refractivity contribution is -0.122. The van der Waals surface area contributed by atoms with Crippen molar-refractivity contribution in [1.82, 2.24) is 20.0 Å². The minimum Gasteiger partial charge on any atom is -0.444 e. The molecule has 1 aromatic heterocycles. The summed E-state index contributed by atoms with van der Waals surface area (Å²) in [6, 6.07) is 6.37. The molecule has 0 aliphatic carbocycles. The molecule has 1 aliphatic rings. The maximum absolute atomic E-state index is 12.5. The molecule has 1 aromatic carbocycles. The molecule has 0 saturated carbocycles. The number of ether oxygens (including phenoxy) is 1. The van der Waals surface area contributed by atoms with E-state index >= 15 is 0 Å². The molecule has 2 N–H and O–H groups in total. The van der Waals surface area contributed by atoms with E-state index in [-0.39, 0.29) is 30.0 Å². The van der Waals surface area contributed by atoms with E-state index in [2.05, 4.69) is 10.4 Å². The van der Waals surface area contributed by atoms with Gasteiger partial charge in [-0.1, -0.05) is 12.1 Å². The number of hydrogen-bond donors (Lipinski definition) is 2. The van der Waals surface area contributed by atoms with Gasteiger partial charge >= 0.3 is 6.09 Å². The molecule has 156 valence electrons. The average Bonchev–Trinajstić information content (AvgIpc) is 2.65. The molecule has 1 aliphatic heterocycles.